The Kier molecular flexibility index (Phi) is 6.96. The van der Waals surface area contributed by atoms with Crippen molar-refractivity contribution in [1.29, 1.82) is 0 Å². The van der Waals surface area contributed by atoms with Gasteiger partial charge in [-0.3, -0.25) is 24.0 Å². The van der Waals surface area contributed by atoms with E-state index in [1.807, 2.05) is 0 Å². The molecule has 0 unspecified atom stereocenters. The Hall–Kier alpha value is -3.38. The molecule has 2 saturated heterocycles. The molecule has 15 heteroatoms. The zero-order valence-corrected chi connectivity index (χ0v) is 15.1. The minimum absolute atomic E-state index is 0.0291. The van der Waals surface area contributed by atoms with Gasteiger partial charge in [0.25, 0.3) is 17.7 Å². The molecule has 150 valence electrons. The highest BCUT2D eigenvalue weighted by Gasteiger charge is 2.42. The number of imide groups is 3. The summed E-state index contributed by atoms with van der Waals surface area (Å²) in [6.45, 7) is 0.0291. The number of hydrazine groups is 1. The molecular weight excluding hydrogens is 390 g/mol. The van der Waals surface area contributed by atoms with Crippen molar-refractivity contribution < 1.29 is 43.2 Å². The van der Waals surface area contributed by atoms with Crippen LogP contribution in [-0.2, 0) is 33.6 Å². The molecule has 2 fully saturated rings. The number of amides is 7. The lowest BCUT2D eigenvalue weighted by atomic mass is 10.0. The third kappa shape index (κ3) is 4.73. The molecule has 0 aromatic carbocycles. The smallest absolute Gasteiger partial charge is 0.317 e. The number of hydrogen-bond donors (Lipinski definition) is 0. The van der Waals surface area contributed by atoms with Crippen molar-refractivity contribution >= 4 is 57.4 Å². The second-order valence-corrected chi connectivity index (χ2v) is 5.71. The van der Waals surface area contributed by atoms with Crippen LogP contribution in [-0.4, -0.2) is 84.1 Å². The lowest BCUT2D eigenvalue weighted by molar-refractivity contribution is -0.184. The fraction of sp³-hybridized carbons (Fsp3) is 0.500. The van der Waals surface area contributed by atoms with Crippen LogP contribution in [0.5, 0.6) is 0 Å². The van der Waals surface area contributed by atoms with Crippen molar-refractivity contribution in [2.24, 2.45) is 0 Å². The van der Waals surface area contributed by atoms with Crippen molar-refractivity contribution in [3.05, 3.63) is 0 Å². The summed E-state index contributed by atoms with van der Waals surface area (Å²) in [6.07, 6.45) is -5.10. The summed E-state index contributed by atoms with van der Waals surface area (Å²) < 4.78 is 0. The Morgan fingerprint density at radius 2 is 1.28 bits per heavy atom. The standard InChI is InChI=1S/C14H14B2N4O9/c15-6-11(24)18(13(26)28-17-5-1-2-8(17)21)19(12(25)7-16)14(27)29-20-9(22)3-4-10(20)23/h1-7H2. The Morgan fingerprint density at radius 1 is 0.793 bits per heavy atom. The average molecular weight is 404 g/mol. The SMILES string of the molecule is [B]CC(=O)N(C(=O)ON1CCCC1=O)N(C(=O)C[B])C(=O)ON1C(=O)CCC1=O. The Bertz CT molecular complexity index is 758. The molecule has 29 heavy (non-hydrogen) atoms. The van der Waals surface area contributed by atoms with Gasteiger partial charge >= 0.3 is 12.2 Å². The average Bonchev–Trinajstić information content (AvgIpc) is 3.24. The van der Waals surface area contributed by atoms with Crippen LogP contribution in [0.4, 0.5) is 9.59 Å². The summed E-state index contributed by atoms with van der Waals surface area (Å²) in [7, 11) is 10.4. The molecule has 0 aromatic heterocycles. The molecule has 4 radical (unpaired) electrons. The predicted octanol–water partition coefficient (Wildman–Crippen LogP) is -1.39. The molecule has 0 aliphatic carbocycles. The minimum Gasteiger partial charge on any atom is -0.317 e. The van der Waals surface area contributed by atoms with Gasteiger partial charge in [-0.25, -0.2) is 9.59 Å². The van der Waals surface area contributed by atoms with Crippen LogP contribution in [0.1, 0.15) is 25.7 Å². The van der Waals surface area contributed by atoms with Gasteiger partial charge in [-0.15, -0.1) is 15.1 Å². The van der Waals surface area contributed by atoms with Crippen molar-refractivity contribution in [2.45, 2.75) is 38.3 Å². The minimum atomic E-state index is -1.75. The van der Waals surface area contributed by atoms with E-state index in [1.165, 1.54) is 0 Å². The van der Waals surface area contributed by atoms with Crippen molar-refractivity contribution in [2.75, 3.05) is 6.54 Å². The monoisotopic (exact) mass is 404 g/mol. The zero-order chi connectivity index (χ0) is 21.7. The Labute approximate surface area is 166 Å². The van der Waals surface area contributed by atoms with E-state index in [0.29, 0.717) is 11.5 Å². The molecule has 0 saturated carbocycles. The second kappa shape index (κ2) is 9.21. The van der Waals surface area contributed by atoms with Gasteiger partial charge in [0.1, 0.15) is 0 Å². The quantitative estimate of drug-likeness (QED) is 0.313. The predicted molar refractivity (Wildman–Crippen MR) is 89.8 cm³/mol. The van der Waals surface area contributed by atoms with Gasteiger partial charge in [0.2, 0.25) is 11.8 Å². The number of carbonyl (C=O) groups is 7. The number of nitrogens with zero attached hydrogens (tertiary/aromatic N) is 4. The topological polar surface area (TPSA) is 151 Å². The first-order chi connectivity index (χ1) is 13.7. The maximum atomic E-state index is 12.4. The van der Waals surface area contributed by atoms with Crippen LogP contribution in [0.3, 0.4) is 0 Å². The third-order valence-corrected chi connectivity index (χ3v) is 3.76. The van der Waals surface area contributed by atoms with Crippen molar-refractivity contribution in [1.82, 2.24) is 20.1 Å². The van der Waals surface area contributed by atoms with Crippen molar-refractivity contribution in [3.8, 4) is 0 Å². The zero-order valence-electron chi connectivity index (χ0n) is 15.1. The van der Waals surface area contributed by atoms with E-state index in [1.54, 1.807) is 0 Å². The summed E-state index contributed by atoms with van der Waals surface area (Å²) in [5.41, 5.74) is 0. The molecule has 2 heterocycles. The number of carbonyl (C=O) groups excluding carboxylic acids is 7. The summed E-state index contributed by atoms with van der Waals surface area (Å²) in [6, 6.07) is 0. The van der Waals surface area contributed by atoms with Crippen LogP contribution in [0, 0.1) is 0 Å². The molecule has 0 atom stereocenters. The summed E-state index contributed by atoms with van der Waals surface area (Å²) in [5, 5.41) is 0.466. The van der Waals surface area contributed by atoms with Gasteiger partial charge in [0.15, 0.2) is 0 Å². The first-order valence-corrected chi connectivity index (χ1v) is 8.37. The van der Waals surface area contributed by atoms with Gasteiger partial charge in [-0.05, 0) is 19.1 Å². The highest BCUT2D eigenvalue weighted by Crippen LogP contribution is 2.17. The lowest BCUT2D eigenvalue weighted by Crippen LogP contribution is -2.57. The molecule has 0 aromatic rings. The molecule has 0 spiro atoms. The lowest BCUT2D eigenvalue weighted by Gasteiger charge is -2.30. The highest BCUT2D eigenvalue weighted by atomic mass is 16.8. The van der Waals surface area contributed by atoms with E-state index < -0.39 is 54.4 Å². The van der Waals surface area contributed by atoms with Gasteiger partial charge in [0, 0.05) is 19.3 Å². The fourth-order valence-corrected chi connectivity index (χ4v) is 2.39. The maximum absolute atomic E-state index is 12.4. The molecule has 2 aliphatic heterocycles. The second-order valence-electron chi connectivity index (χ2n) is 5.71. The first kappa shape index (κ1) is 21.9. The van der Waals surface area contributed by atoms with E-state index in [2.05, 4.69) is 4.84 Å². The van der Waals surface area contributed by atoms with Crippen LogP contribution in [0.25, 0.3) is 0 Å². The molecule has 0 bridgehead atoms. The van der Waals surface area contributed by atoms with Gasteiger partial charge < -0.3 is 9.68 Å². The van der Waals surface area contributed by atoms with E-state index in [0.717, 1.165) is 0 Å². The van der Waals surface area contributed by atoms with E-state index >= 15 is 0 Å². The Balaban J connectivity index is 2.29. The molecule has 0 N–H and O–H groups in total. The molecule has 2 aliphatic rings. The van der Waals surface area contributed by atoms with Crippen LogP contribution >= 0.6 is 0 Å². The first-order valence-electron chi connectivity index (χ1n) is 8.37. The van der Waals surface area contributed by atoms with Gasteiger partial charge in [-0.2, -0.15) is 5.06 Å². The molecular formula is C14H14B2N4O9. The normalized spacial score (nSPS) is 16.1. The largest absolute Gasteiger partial charge is 0.461 e. The fourth-order valence-electron chi connectivity index (χ4n) is 2.39. The van der Waals surface area contributed by atoms with Gasteiger partial charge in [-0.1, -0.05) is 0 Å². The van der Waals surface area contributed by atoms with E-state index in [4.69, 9.17) is 20.5 Å². The van der Waals surface area contributed by atoms with Gasteiger partial charge in [0.05, 0.1) is 22.2 Å². The van der Waals surface area contributed by atoms with E-state index in [9.17, 15) is 33.6 Å². The maximum Gasteiger partial charge on any atom is 0.461 e. The Morgan fingerprint density at radius 3 is 1.69 bits per heavy atom. The molecule has 7 amide bonds. The summed E-state index contributed by atoms with van der Waals surface area (Å²) >= 11 is 0. The third-order valence-electron chi connectivity index (χ3n) is 3.76. The van der Waals surface area contributed by atoms with Crippen LogP contribution in [0.15, 0.2) is 0 Å². The van der Waals surface area contributed by atoms with E-state index in [-0.39, 0.29) is 40.9 Å². The van der Waals surface area contributed by atoms with Crippen LogP contribution < -0.4 is 0 Å². The van der Waals surface area contributed by atoms with Crippen molar-refractivity contribution in [3.63, 3.8) is 0 Å². The number of rotatable bonds is 4. The number of hydroxylamine groups is 4. The molecule has 2 rings (SSSR count). The summed E-state index contributed by atoms with van der Waals surface area (Å²) in [4.78, 5) is 93.3. The molecule has 13 nitrogen and oxygen atoms in total. The number of hydrogen-bond acceptors (Lipinski definition) is 9. The highest BCUT2D eigenvalue weighted by molar-refractivity contribution is 6.23. The summed E-state index contributed by atoms with van der Waals surface area (Å²) in [5.74, 6) is -4.91. The van der Waals surface area contributed by atoms with Crippen LogP contribution in [0.2, 0.25) is 12.6 Å².